The van der Waals surface area contributed by atoms with Crippen molar-refractivity contribution in [2.45, 2.75) is 20.3 Å². The standard InChI is InChI=1S/C30H26O/c1-3-20(2)19-31-29-15-14-26-24-12-7-5-10-22(24)18-28(26)30(29)16-8-13-25-23-11-6-4-9-21(23)17-27(25)30/h4-18,20H,3,19H2,1-2H3. The number of benzene rings is 2. The van der Waals surface area contributed by atoms with E-state index in [-0.39, 0.29) is 5.41 Å². The monoisotopic (exact) mass is 402 g/mol. The second-order valence-electron chi connectivity index (χ2n) is 8.97. The second kappa shape index (κ2) is 6.85. The van der Waals surface area contributed by atoms with Crippen LogP contribution in [0.25, 0.3) is 23.3 Å². The van der Waals surface area contributed by atoms with Crippen LogP contribution in [0.3, 0.4) is 0 Å². The Labute approximate surface area is 184 Å². The molecule has 4 aliphatic rings. The topological polar surface area (TPSA) is 9.23 Å². The third kappa shape index (κ3) is 2.56. The van der Waals surface area contributed by atoms with Gasteiger partial charge in [0, 0.05) is 0 Å². The lowest BCUT2D eigenvalue weighted by Gasteiger charge is -2.41. The van der Waals surface area contributed by atoms with Crippen LogP contribution in [0.4, 0.5) is 0 Å². The number of rotatable bonds is 4. The average molecular weight is 403 g/mol. The van der Waals surface area contributed by atoms with Gasteiger partial charge in [0.1, 0.15) is 5.76 Å². The maximum atomic E-state index is 6.60. The maximum absolute atomic E-state index is 6.60. The van der Waals surface area contributed by atoms with E-state index < -0.39 is 0 Å². The molecule has 6 rings (SSSR count). The molecule has 0 aliphatic heterocycles. The third-order valence-corrected chi connectivity index (χ3v) is 7.15. The van der Waals surface area contributed by atoms with Crippen LogP contribution in [0.2, 0.25) is 0 Å². The molecule has 31 heavy (non-hydrogen) atoms. The molecule has 0 N–H and O–H groups in total. The van der Waals surface area contributed by atoms with Crippen LogP contribution in [0.1, 0.15) is 42.5 Å². The van der Waals surface area contributed by atoms with Crippen molar-refractivity contribution in [2.75, 3.05) is 6.61 Å². The number of hydrogen-bond acceptors (Lipinski definition) is 1. The second-order valence-corrected chi connectivity index (χ2v) is 8.97. The van der Waals surface area contributed by atoms with Crippen LogP contribution < -0.4 is 0 Å². The van der Waals surface area contributed by atoms with E-state index in [2.05, 4.69) is 105 Å². The zero-order valence-electron chi connectivity index (χ0n) is 18.1. The summed E-state index contributed by atoms with van der Waals surface area (Å²) in [5, 5.41) is 0. The maximum Gasteiger partial charge on any atom is 0.115 e. The van der Waals surface area contributed by atoms with E-state index in [4.69, 9.17) is 4.74 Å². The highest BCUT2D eigenvalue weighted by Crippen LogP contribution is 2.61. The Morgan fingerprint density at radius 3 is 2.06 bits per heavy atom. The van der Waals surface area contributed by atoms with Gasteiger partial charge in [-0.3, -0.25) is 0 Å². The summed E-state index contributed by atoms with van der Waals surface area (Å²) in [6.45, 7) is 5.22. The molecular weight excluding hydrogens is 376 g/mol. The molecule has 1 nitrogen and oxygen atoms in total. The lowest BCUT2D eigenvalue weighted by atomic mass is 9.64. The minimum Gasteiger partial charge on any atom is -0.496 e. The molecule has 0 heterocycles. The fraction of sp³-hybridized carbons (Fsp3) is 0.200. The molecule has 0 fully saturated rings. The van der Waals surface area contributed by atoms with Crippen LogP contribution in [-0.4, -0.2) is 6.61 Å². The lowest BCUT2D eigenvalue weighted by molar-refractivity contribution is 0.142. The van der Waals surface area contributed by atoms with Gasteiger partial charge >= 0.3 is 0 Å². The summed E-state index contributed by atoms with van der Waals surface area (Å²) >= 11 is 0. The smallest absolute Gasteiger partial charge is 0.115 e. The molecule has 2 aromatic carbocycles. The Morgan fingerprint density at radius 1 is 0.806 bits per heavy atom. The van der Waals surface area contributed by atoms with Crippen LogP contribution in [-0.2, 0) is 4.74 Å². The van der Waals surface area contributed by atoms with E-state index in [1.807, 2.05) is 0 Å². The van der Waals surface area contributed by atoms with E-state index in [1.54, 1.807) is 0 Å². The molecule has 0 radical (unpaired) electrons. The summed E-state index contributed by atoms with van der Waals surface area (Å²) < 4.78 is 6.60. The Morgan fingerprint density at radius 2 is 1.42 bits per heavy atom. The van der Waals surface area contributed by atoms with Gasteiger partial charge in [0.2, 0.25) is 0 Å². The Balaban J connectivity index is 1.55. The number of ether oxygens (including phenoxy) is 1. The molecule has 152 valence electrons. The number of allylic oxidation sites excluding steroid dienone is 7. The summed E-state index contributed by atoms with van der Waals surface area (Å²) in [6, 6.07) is 17.4. The van der Waals surface area contributed by atoms with Crippen molar-refractivity contribution in [3.63, 3.8) is 0 Å². The highest BCUT2D eigenvalue weighted by Gasteiger charge is 2.49. The van der Waals surface area contributed by atoms with Crippen LogP contribution in [0.15, 0.2) is 95.8 Å². The molecule has 0 bridgehead atoms. The van der Waals surface area contributed by atoms with Crippen LogP contribution in [0.5, 0.6) is 0 Å². The molecular formula is C30H26O. The molecule has 2 atom stereocenters. The molecule has 2 aromatic rings. The molecule has 0 aromatic heterocycles. The number of fused-ring (bicyclic) bond motifs is 8. The SMILES string of the molecule is CCC(C)COC1=CC=C2C(=Cc3ccccc32)C12C=CC=C1C2=Cc2ccccc21. The zero-order chi connectivity index (χ0) is 21.0. The normalized spacial score (nSPS) is 23.0. The lowest BCUT2D eigenvalue weighted by Crippen LogP contribution is -2.31. The fourth-order valence-corrected chi connectivity index (χ4v) is 5.27. The summed E-state index contributed by atoms with van der Waals surface area (Å²) in [4.78, 5) is 0. The van der Waals surface area contributed by atoms with E-state index in [0.29, 0.717) is 5.92 Å². The first kappa shape index (κ1) is 18.4. The molecule has 2 unspecified atom stereocenters. The Hall–Kier alpha value is -3.32. The summed E-state index contributed by atoms with van der Waals surface area (Å²) in [7, 11) is 0. The zero-order valence-corrected chi connectivity index (χ0v) is 18.1. The van der Waals surface area contributed by atoms with Gasteiger partial charge in [0.15, 0.2) is 0 Å². The molecule has 0 saturated heterocycles. The predicted octanol–water partition coefficient (Wildman–Crippen LogP) is 7.46. The van der Waals surface area contributed by atoms with E-state index in [0.717, 1.165) is 18.8 Å². The van der Waals surface area contributed by atoms with Gasteiger partial charge in [0.25, 0.3) is 0 Å². The van der Waals surface area contributed by atoms with Gasteiger partial charge in [-0.2, -0.15) is 0 Å². The van der Waals surface area contributed by atoms with Crippen LogP contribution in [0, 0.1) is 11.3 Å². The quantitative estimate of drug-likeness (QED) is 0.515. The van der Waals surface area contributed by atoms with Crippen molar-refractivity contribution in [3.8, 4) is 0 Å². The molecule has 0 saturated carbocycles. The van der Waals surface area contributed by atoms with Gasteiger partial charge in [-0.15, -0.1) is 0 Å². The minimum absolute atomic E-state index is 0.389. The van der Waals surface area contributed by atoms with E-state index in [1.165, 1.54) is 44.5 Å². The molecule has 0 amide bonds. The first-order valence-corrected chi connectivity index (χ1v) is 11.3. The highest BCUT2D eigenvalue weighted by atomic mass is 16.5. The molecule has 1 heteroatoms. The Bertz CT molecular complexity index is 1250. The van der Waals surface area contributed by atoms with Crippen LogP contribution >= 0.6 is 0 Å². The Kier molecular flexibility index (Phi) is 4.08. The third-order valence-electron chi connectivity index (χ3n) is 7.15. The van der Waals surface area contributed by atoms with Gasteiger partial charge in [0.05, 0.1) is 12.0 Å². The van der Waals surface area contributed by atoms with E-state index in [9.17, 15) is 0 Å². The van der Waals surface area contributed by atoms with Gasteiger partial charge in [-0.25, -0.2) is 0 Å². The van der Waals surface area contributed by atoms with Crippen molar-refractivity contribution in [1.82, 2.24) is 0 Å². The van der Waals surface area contributed by atoms with Crippen molar-refractivity contribution >= 4 is 23.3 Å². The largest absolute Gasteiger partial charge is 0.496 e. The van der Waals surface area contributed by atoms with Crippen molar-refractivity contribution < 1.29 is 4.74 Å². The first-order valence-electron chi connectivity index (χ1n) is 11.3. The summed E-state index contributed by atoms with van der Waals surface area (Å²) in [5.41, 5.74) is 10.1. The van der Waals surface area contributed by atoms with Crippen molar-refractivity contribution in [2.24, 2.45) is 11.3 Å². The number of hydrogen-bond donors (Lipinski definition) is 0. The first-order chi connectivity index (χ1) is 15.2. The summed E-state index contributed by atoms with van der Waals surface area (Å²) in [6.07, 6.45) is 17.2. The van der Waals surface area contributed by atoms with Crippen molar-refractivity contribution in [3.05, 3.63) is 118 Å². The van der Waals surface area contributed by atoms with E-state index >= 15 is 0 Å². The van der Waals surface area contributed by atoms with Gasteiger partial charge < -0.3 is 4.74 Å². The minimum atomic E-state index is -0.389. The van der Waals surface area contributed by atoms with Gasteiger partial charge in [-0.05, 0) is 68.7 Å². The van der Waals surface area contributed by atoms with Gasteiger partial charge in [-0.1, -0.05) is 93.1 Å². The average Bonchev–Trinajstić information content (AvgIpc) is 3.38. The predicted molar refractivity (Wildman–Crippen MR) is 130 cm³/mol. The van der Waals surface area contributed by atoms with Crippen molar-refractivity contribution in [1.29, 1.82) is 0 Å². The highest BCUT2D eigenvalue weighted by molar-refractivity contribution is 6.05. The molecule has 1 spiro atoms. The fourth-order valence-electron chi connectivity index (χ4n) is 5.27. The molecule has 4 aliphatic carbocycles. The summed E-state index contributed by atoms with van der Waals surface area (Å²) in [5.74, 6) is 1.56.